The summed E-state index contributed by atoms with van der Waals surface area (Å²) in [5, 5.41) is 13.8. The summed E-state index contributed by atoms with van der Waals surface area (Å²) in [5.41, 5.74) is 2.89. The van der Waals surface area contributed by atoms with Crippen LogP contribution in [0.1, 0.15) is 44.9 Å². The van der Waals surface area contributed by atoms with E-state index < -0.39 is 0 Å². The number of nitrogens with one attached hydrogen (secondary N) is 2. The molecule has 8 nitrogen and oxygen atoms in total. The van der Waals surface area contributed by atoms with Gasteiger partial charge in [-0.05, 0) is 54.6 Å². The Labute approximate surface area is 151 Å². The van der Waals surface area contributed by atoms with Gasteiger partial charge in [0.1, 0.15) is 0 Å². The number of carbonyl (C=O) groups excluding carboxylic acids is 2. The van der Waals surface area contributed by atoms with Gasteiger partial charge < -0.3 is 15.5 Å². The first kappa shape index (κ1) is 16.8. The van der Waals surface area contributed by atoms with Gasteiger partial charge in [0.25, 0.3) is 0 Å². The predicted octanol–water partition coefficient (Wildman–Crippen LogP) is 2.21. The third-order valence-electron chi connectivity index (χ3n) is 5.17. The zero-order valence-corrected chi connectivity index (χ0v) is 14.7. The fraction of sp³-hybridized carbons (Fsp3) is 0.556. The Kier molecular flexibility index (Phi) is 4.73. The molecular formula is C18H23N5O3. The first-order chi connectivity index (χ1) is 12.7. The molecule has 0 radical (unpaired) electrons. The molecule has 2 aliphatic rings. The molecule has 138 valence electrons. The molecule has 1 atom stereocenters. The van der Waals surface area contributed by atoms with Gasteiger partial charge in [0.2, 0.25) is 11.8 Å². The number of nitrogens with zero attached hydrogens (tertiary/aromatic N) is 3. The molecule has 1 aromatic carbocycles. The van der Waals surface area contributed by atoms with Crippen LogP contribution in [0, 0.1) is 0 Å². The van der Waals surface area contributed by atoms with Crippen LogP contribution in [0.15, 0.2) is 16.8 Å². The van der Waals surface area contributed by atoms with E-state index in [9.17, 15) is 9.59 Å². The minimum absolute atomic E-state index is 0.0686. The first-order valence-electron chi connectivity index (χ1n) is 9.30. The highest BCUT2D eigenvalue weighted by molar-refractivity contribution is 6.02. The zero-order valence-electron chi connectivity index (χ0n) is 14.7. The summed E-state index contributed by atoms with van der Waals surface area (Å²) in [4.78, 5) is 25.8. The van der Waals surface area contributed by atoms with Crippen LogP contribution in [0.5, 0.6) is 0 Å². The summed E-state index contributed by atoms with van der Waals surface area (Å²) < 4.78 is 4.95. The number of hydrogen-bond acceptors (Lipinski definition) is 6. The van der Waals surface area contributed by atoms with Crippen molar-refractivity contribution in [3.05, 3.63) is 12.1 Å². The molecular weight excluding hydrogens is 334 g/mol. The molecule has 0 spiro atoms. The Balaban J connectivity index is 1.44. The number of fused-ring (bicyclic) bond motifs is 1. The van der Waals surface area contributed by atoms with Crippen molar-refractivity contribution < 1.29 is 14.2 Å². The Morgan fingerprint density at radius 1 is 1.23 bits per heavy atom. The fourth-order valence-corrected chi connectivity index (χ4v) is 3.76. The lowest BCUT2D eigenvalue weighted by Gasteiger charge is -2.28. The van der Waals surface area contributed by atoms with Gasteiger partial charge in [0.05, 0.1) is 11.4 Å². The highest BCUT2D eigenvalue weighted by atomic mass is 16.6. The zero-order chi connectivity index (χ0) is 17.9. The maximum Gasteiger partial charge on any atom is 0.224 e. The van der Waals surface area contributed by atoms with Crippen molar-refractivity contribution in [1.82, 2.24) is 15.6 Å². The molecule has 0 unspecified atom stereocenters. The number of hydrogen-bond donors (Lipinski definition) is 2. The topological polar surface area (TPSA) is 100 Å². The summed E-state index contributed by atoms with van der Waals surface area (Å²) in [6.45, 7) is 2.00. The van der Waals surface area contributed by atoms with Crippen LogP contribution in [0.2, 0.25) is 0 Å². The van der Waals surface area contributed by atoms with Crippen LogP contribution in [0.25, 0.3) is 11.0 Å². The van der Waals surface area contributed by atoms with E-state index in [0.717, 1.165) is 25.2 Å². The van der Waals surface area contributed by atoms with E-state index in [1.54, 1.807) is 0 Å². The number of rotatable bonds is 5. The smallest absolute Gasteiger partial charge is 0.224 e. The van der Waals surface area contributed by atoms with Crippen molar-refractivity contribution in [2.24, 2.45) is 0 Å². The van der Waals surface area contributed by atoms with Crippen molar-refractivity contribution in [2.75, 3.05) is 23.3 Å². The maximum absolute atomic E-state index is 12.3. The van der Waals surface area contributed by atoms with E-state index in [-0.39, 0.29) is 17.9 Å². The van der Waals surface area contributed by atoms with E-state index >= 15 is 0 Å². The van der Waals surface area contributed by atoms with Gasteiger partial charge in [-0.1, -0.05) is 0 Å². The monoisotopic (exact) mass is 357 g/mol. The van der Waals surface area contributed by atoms with Gasteiger partial charge in [-0.2, -0.15) is 0 Å². The molecule has 2 amide bonds. The number of benzene rings is 1. The Morgan fingerprint density at radius 3 is 2.81 bits per heavy atom. The van der Waals surface area contributed by atoms with Crippen molar-refractivity contribution in [3.63, 3.8) is 0 Å². The summed E-state index contributed by atoms with van der Waals surface area (Å²) in [6, 6.07) is 3.94. The highest BCUT2D eigenvalue weighted by Crippen LogP contribution is 2.31. The summed E-state index contributed by atoms with van der Waals surface area (Å²) >= 11 is 0. The van der Waals surface area contributed by atoms with E-state index in [2.05, 4.69) is 25.8 Å². The van der Waals surface area contributed by atoms with Crippen molar-refractivity contribution >= 4 is 34.2 Å². The minimum Gasteiger partial charge on any atom is -0.370 e. The summed E-state index contributed by atoms with van der Waals surface area (Å²) in [7, 11) is 0. The third-order valence-corrected chi connectivity index (χ3v) is 5.17. The van der Waals surface area contributed by atoms with Gasteiger partial charge in [-0.3, -0.25) is 9.59 Å². The molecule has 0 saturated carbocycles. The van der Waals surface area contributed by atoms with E-state index in [0.29, 0.717) is 36.0 Å². The summed E-state index contributed by atoms with van der Waals surface area (Å²) in [5.74, 6) is -0.0275. The Hall–Kier alpha value is -2.64. The SMILES string of the molecule is O=C(CC[C@H]1CCC(=O)N1)Nc1ccc(N2CCCCC2)c2nonc12. The number of amides is 2. The van der Waals surface area contributed by atoms with Crippen molar-refractivity contribution in [3.8, 4) is 0 Å². The highest BCUT2D eigenvalue weighted by Gasteiger charge is 2.22. The van der Waals surface area contributed by atoms with E-state index in [1.165, 1.54) is 19.3 Å². The first-order valence-corrected chi connectivity index (χ1v) is 9.30. The average molecular weight is 357 g/mol. The molecule has 2 fully saturated rings. The summed E-state index contributed by atoms with van der Waals surface area (Å²) in [6.07, 6.45) is 5.94. The number of carbonyl (C=O) groups is 2. The second kappa shape index (κ2) is 7.31. The molecule has 4 rings (SSSR count). The molecule has 0 bridgehead atoms. The lowest BCUT2D eigenvalue weighted by Crippen LogP contribution is -2.29. The minimum atomic E-state index is -0.0961. The Bertz CT molecular complexity index is 812. The van der Waals surface area contributed by atoms with E-state index in [1.807, 2.05) is 12.1 Å². The standard InChI is InChI=1S/C18H23N5O3/c24-15-8-4-12(19-15)5-9-16(25)20-13-6-7-14(18-17(13)21-26-22-18)23-10-2-1-3-11-23/h6-7,12H,1-5,8-11H2,(H,19,24)(H,20,25)/t12-/m1/s1. The van der Waals surface area contributed by atoms with Crippen LogP contribution >= 0.6 is 0 Å². The molecule has 8 heteroatoms. The fourth-order valence-electron chi connectivity index (χ4n) is 3.76. The van der Waals surface area contributed by atoms with Crippen LogP contribution in [-0.2, 0) is 9.59 Å². The molecule has 2 N–H and O–H groups in total. The van der Waals surface area contributed by atoms with E-state index in [4.69, 9.17) is 4.63 Å². The van der Waals surface area contributed by atoms with Crippen molar-refractivity contribution in [1.29, 1.82) is 0 Å². The normalized spacial score (nSPS) is 20.4. The number of aromatic nitrogens is 2. The van der Waals surface area contributed by atoms with Gasteiger partial charge in [-0.25, -0.2) is 4.63 Å². The largest absolute Gasteiger partial charge is 0.370 e. The van der Waals surface area contributed by atoms with Gasteiger partial charge in [-0.15, -0.1) is 0 Å². The van der Waals surface area contributed by atoms with Crippen LogP contribution in [-0.4, -0.2) is 41.3 Å². The molecule has 2 aromatic rings. The van der Waals surface area contributed by atoms with Gasteiger partial charge in [0.15, 0.2) is 11.0 Å². The third kappa shape index (κ3) is 3.49. The average Bonchev–Trinajstić information content (AvgIpc) is 3.30. The maximum atomic E-state index is 12.3. The van der Waals surface area contributed by atoms with Gasteiger partial charge in [0, 0.05) is 32.0 Å². The quantitative estimate of drug-likeness (QED) is 0.851. The van der Waals surface area contributed by atoms with Crippen LogP contribution < -0.4 is 15.5 Å². The van der Waals surface area contributed by atoms with Crippen LogP contribution in [0.3, 0.4) is 0 Å². The molecule has 0 aliphatic carbocycles. The van der Waals surface area contributed by atoms with Crippen molar-refractivity contribution in [2.45, 2.75) is 51.0 Å². The van der Waals surface area contributed by atoms with Crippen LogP contribution in [0.4, 0.5) is 11.4 Å². The molecule has 2 saturated heterocycles. The van der Waals surface area contributed by atoms with Gasteiger partial charge >= 0.3 is 0 Å². The number of piperidine rings is 1. The molecule has 1 aromatic heterocycles. The number of anilines is 2. The lowest BCUT2D eigenvalue weighted by atomic mass is 10.1. The second-order valence-corrected chi connectivity index (χ2v) is 7.03. The molecule has 26 heavy (non-hydrogen) atoms. The predicted molar refractivity (Wildman–Crippen MR) is 96.9 cm³/mol. The Morgan fingerprint density at radius 2 is 2.04 bits per heavy atom. The molecule has 2 aliphatic heterocycles. The molecule has 3 heterocycles. The lowest BCUT2D eigenvalue weighted by molar-refractivity contribution is -0.120. The second-order valence-electron chi connectivity index (χ2n) is 7.03.